The smallest absolute Gasteiger partial charge is 0.199 e. The van der Waals surface area contributed by atoms with Gasteiger partial charge in [-0.1, -0.05) is 26.0 Å². The molecule has 0 aliphatic carbocycles. The van der Waals surface area contributed by atoms with Crippen LogP contribution in [0.3, 0.4) is 0 Å². The van der Waals surface area contributed by atoms with Gasteiger partial charge in [0.1, 0.15) is 5.82 Å². The van der Waals surface area contributed by atoms with Gasteiger partial charge in [0.05, 0.1) is 5.69 Å². The van der Waals surface area contributed by atoms with Crippen LogP contribution in [0.1, 0.15) is 25.6 Å². The van der Waals surface area contributed by atoms with Crippen LogP contribution in [0.2, 0.25) is 0 Å². The van der Waals surface area contributed by atoms with Crippen molar-refractivity contribution in [2.75, 3.05) is 0 Å². The van der Waals surface area contributed by atoms with Gasteiger partial charge in [0.15, 0.2) is 4.77 Å². The molecule has 19 heavy (non-hydrogen) atoms. The highest BCUT2D eigenvalue weighted by Gasteiger charge is 2.13. The van der Waals surface area contributed by atoms with E-state index in [0.717, 1.165) is 22.3 Å². The van der Waals surface area contributed by atoms with Crippen LogP contribution < -0.4 is 0 Å². The maximum atomic E-state index is 5.36. The summed E-state index contributed by atoms with van der Waals surface area (Å²) in [5.41, 5.74) is 1.02. The first kappa shape index (κ1) is 12.0. The molecule has 96 valence electrons. The van der Waals surface area contributed by atoms with Crippen molar-refractivity contribution < 1.29 is 0 Å². The fourth-order valence-electron chi connectivity index (χ4n) is 2.22. The molecule has 0 aliphatic rings. The first-order valence-corrected chi connectivity index (χ1v) is 6.59. The van der Waals surface area contributed by atoms with Crippen molar-refractivity contribution in [1.82, 2.24) is 19.7 Å². The first-order valence-electron chi connectivity index (χ1n) is 6.19. The minimum atomic E-state index is 0.292. The van der Waals surface area contributed by atoms with E-state index in [1.165, 1.54) is 0 Å². The van der Waals surface area contributed by atoms with Gasteiger partial charge in [0.2, 0.25) is 0 Å². The average molecular weight is 270 g/mol. The zero-order valence-corrected chi connectivity index (χ0v) is 11.6. The third kappa shape index (κ3) is 1.96. The Balaban J connectivity index is 2.37. The van der Waals surface area contributed by atoms with Gasteiger partial charge in [0, 0.05) is 23.7 Å². The number of fused-ring (bicyclic) bond motifs is 1. The molecule has 5 heteroatoms. The summed E-state index contributed by atoms with van der Waals surface area (Å²) in [6, 6.07) is 8.13. The molecule has 4 nitrogen and oxygen atoms in total. The fraction of sp³-hybridized carbons (Fsp3) is 0.214. The van der Waals surface area contributed by atoms with Crippen molar-refractivity contribution in [3.8, 4) is 5.69 Å². The predicted molar refractivity (Wildman–Crippen MR) is 78.1 cm³/mol. The Hall–Kier alpha value is -2.01. The van der Waals surface area contributed by atoms with Crippen LogP contribution in [-0.2, 0) is 0 Å². The molecule has 2 aromatic heterocycles. The Morgan fingerprint density at radius 2 is 2.11 bits per heavy atom. The fourth-order valence-corrected chi connectivity index (χ4v) is 2.46. The molecule has 0 fully saturated rings. The van der Waals surface area contributed by atoms with Gasteiger partial charge >= 0.3 is 0 Å². The standard InChI is InChI=1S/C14H14N4S/c1-9(2)13-16-17-14(19)18(13)12-5-3-4-10-6-7-15-8-11(10)12/h3-9H,1-2H3,(H,17,19). The molecule has 0 radical (unpaired) electrons. The topological polar surface area (TPSA) is 46.5 Å². The molecule has 0 atom stereocenters. The summed E-state index contributed by atoms with van der Waals surface area (Å²) in [6.45, 7) is 4.20. The molecular formula is C14H14N4S. The van der Waals surface area contributed by atoms with Crippen LogP contribution in [0.5, 0.6) is 0 Å². The van der Waals surface area contributed by atoms with E-state index in [0.29, 0.717) is 10.7 Å². The lowest BCUT2D eigenvalue weighted by atomic mass is 10.1. The van der Waals surface area contributed by atoms with Crippen LogP contribution in [-0.4, -0.2) is 19.7 Å². The van der Waals surface area contributed by atoms with Crippen molar-refractivity contribution in [2.24, 2.45) is 0 Å². The van der Waals surface area contributed by atoms with Gasteiger partial charge in [-0.2, -0.15) is 5.10 Å². The highest BCUT2D eigenvalue weighted by molar-refractivity contribution is 7.71. The molecule has 0 unspecified atom stereocenters. The second-order valence-corrected chi connectivity index (χ2v) is 5.14. The Kier molecular flexibility index (Phi) is 2.91. The van der Waals surface area contributed by atoms with Crippen LogP contribution in [0, 0.1) is 4.77 Å². The van der Waals surface area contributed by atoms with Crippen LogP contribution >= 0.6 is 12.2 Å². The average Bonchev–Trinajstić information content (AvgIpc) is 2.80. The maximum Gasteiger partial charge on any atom is 0.199 e. The Labute approximate surface area is 116 Å². The number of hydrogen-bond acceptors (Lipinski definition) is 3. The SMILES string of the molecule is CC(C)c1n[nH]c(=S)n1-c1cccc2ccncc12. The largest absolute Gasteiger partial charge is 0.271 e. The maximum absolute atomic E-state index is 5.36. The Morgan fingerprint density at radius 3 is 2.89 bits per heavy atom. The molecular weight excluding hydrogens is 256 g/mol. The van der Waals surface area contributed by atoms with E-state index in [2.05, 4.69) is 35.1 Å². The summed E-state index contributed by atoms with van der Waals surface area (Å²) >= 11 is 5.36. The van der Waals surface area contributed by atoms with E-state index in [9.17, 15) is 0 Å². The number of hydrogen-bond donors (Lipinski definition) is 1. The minimum absolute atomic E-state index is 0.292. The van der Waals surface area contributed by atoms with E-state index < -0.39 is 0 Å². The van der Waals surface area contributed by atoms with Gasteiger partial charge in [-0.05, 0) is 29.7 Å². The zero-order valence-electron chi connectivity index (χ0n) is 10.8. The Morgan fingerprint density at radius 1 is 1.26 bits per heavy atom. The molecule has 0 aliphatic heterocycles. The summed E-state index contributed by atoms with van der Waals surface area (Å²) in [7, 11) is 0. The van der Waals surface area contributed by atoms with Gasteiger partial charge in [0.25, 0.3) is 0 Å². The Bertz CT molecular complexity index is 780. The third-order valence-corrected chi connectivity index (χ3v) is 3.39. The summed E-state index contributed by atoms with van der Waals surface area (Å²) < 4.78 is 2.60. The summed E-state index contributed by atoms with van der Waals surface area (Å²) in [4.78, 5) is 4.21. The van der Waals surface area contributed by atoms with Crippen molar-refractivity contribution >= 4 is 23.0 Å². The molecule has 0 spiro atoms. The second kappa shape index (κ2) is 4.59. The van der Waals surface area contributed by atoms with Gasteiger partial charge in [-0.15, -0.1) is 0 Å². The van der Waals surface area contributed by atoms with Crippen molar-refractivity contribution in [3.05, 3.63) is 47.3 Å². The summed E-state index contributed by atoms with van der Waals surface area (Å²) in [6.07, 6.45) is 3.66. The molecule has 0 saturated heterocycles. The van der Waals surface area contributed by atoms with E-state index in [-0.39, 0.29) is 0 Å². The van der Waals surface area contributed by atoms with E-state index in [1.807, 2.05) is 29.0 Å². The second-order valence-electron chi connectivity index (χ2n) is 4.75. The van der Waals surface area contributed by atoms with E-state index >= 15 is 0 Å². The molecule has 1 aromatic carbocycles. The lowest BCUT2D eigenvalue weighted by Gasteiger charge is -2.11. The number of aromatic nitrogens is 4. The van der Waals surface area contributed by atoms with Crippen LogP contribution in [0.4, 0.5) is 0 Å². The summed E-state index contributed by atoms with van der Waals surface area (Å²) in [5.74, 6) is 1.22. The van der Waals surface area contributed by atoms with Crippen LogP contribution in [0.25, 0.3) is 16.5 Å². The summed E-state index contributed by atoms with van der Waals surface area (Å²) in [5, 5.41) is 9.42. The number of rotatable bonds is 2. The van der Waals surface area contributed by atoms with Crippen molar-refractivity contribution in [3.63, 3.8) is 0 Å². The highest BCUT2D eigenvalue weighted by atomic mass is 32.1. The van der Waals surface area contributed by atoms with Gasteiger partial charge < -0.3 is 0 Å². The number of H-pyrrole nitrogens is 1. The molecule has 1 N–H and O–H groups in total. The zero-order chi connectivity index (χ0) is 13.4. The van der Waals surface area contributed by atoms with E-state index in [4.69, 9.17) is 12.2 Å². The van der Waals surface area contributed by atoms with Gasteiger partial charge in [-0.25, -0.2) is 0 Å². The molecule has 2 heterocycles. The molecule has 0 saturated carbocycles. The number of nitrogens with zero attached hydrogens (tertiary/aromatic N) is 3. The quantitative estimate of drug-likeness (QED) is 0.724. The molecule has 0 amide bonds. The van der Waals surface area contributed by atoms with Crippen molar-refractivity contribution in [1.29, 1.82) is 0 Å². The lowest BCUT2D eigenvalue weighted by molar-refractivity contribution is 0.746. The van der Waals surface area contributed by atoms with Crippen LogP contribution in [0.15, 0.2) is 36.7 Å². The lowest BCUT2D eigenvalue weighted by Crippen LogP contribution is -2.04. The number of aromatic amines is 1. The predicted octanol–water partition coefficient (Wildman–Crippen LogP) is 3.60. The normalized spacial score (nSPS) is 11.3. The van der Waals surface area contributed by atoms with E-state index in [1.54, 1.807) is 6.20 Å². The third-order valence-electron chi connectivity index (χ3n) is 3.12. The highest BCUT2D eigenvalue weighted by Crippen LogP contribution is 2.24. The molecule has 3 rings (SSSR count). The van der Waals surface area contributed by atoms with Gasteiger partial charge in [-0.3, -0.25) is 14.6 Å². The first-order chi connectivity index (χ1) is 9.18. The molecule has 3 aromatic rings. The molecule has 0 bridgehead atoms. The number of nitrogens with one attached hydrogen (secondary N) is 1. The monoisotopic (exact) mass is 270 g/mol. The van der Waals surface area contributed by atoms with Crippen molar-refractivity contribution in [2.45, 2.75) is 19.8 Å². The minimum Gasteiger partial charge on any atom is -0.271 e. The number of benzene rings is 1. The number of pyridine rings is 1.